The summed E-state index contributed by atoms with van der Waals surface area (Å²) < 4.78 is 16.3. The average Bonchev–Trinajstić information content (AvgIpc) is 2.96. The zero-order valence-corrected chi connectivity index (χ0v) is 15.3. The smallest absolute Gasteiger partial charge is 0.252 e. The monoisotopic (exact) mass is 431 g/mol. The molecule has 0 radical (unpaired) electrons. The van der Waals surface area contributed by atoms with Gasteiger partial charge in [-0.05, 0) is 48.1 Å². The number of nitrogens with one attached hydrogen (secondary N) is 1. The van der Waals surface area contributed by atoms with Gasteiger partial charge in [0.25, 0.3) is 5.91 Å². The Kier molecular flexibility index (Phi) is 6.20. The molecule has 0 aliphatic carbocycles. The van der Waals surface area contributed by atoms with E-state index in [1.807, 2.05) is 0 Å². The van der Waals surface area contributed by atoms with Crippen LogP contribution in [0.1, 0.15) is 28.5 Å². The fourth-order valence-electron chi connectivity index (χ4n) is 2.01. The topological polar surface area (TPSA) is 86.5 Å². The third-order valence-electron chi connectivity index (χ3n) is 3.14. The number of hydrogen-bond acceptors (Lipinski definition) is 6. The standard InChI is InChI=1S/C15H18IN3O4/c1-9-18-14(23-19-9)5-4-6-17-15(20)10-7-12(21-2)13(22-3)8-11(10)16/h7-8H,4-6H2,1-3H3,(H,17,20). The Hall–Kier alpha value is -1.84. The van der Waals surface area contributed by atoms with E-state index in [4.69, 9.17) is 14.0 Å². The van der Waals surface area contributed by atoms with E-state index in [0.29, 0.717) is 41.7 Å². The summed E-state index contributed by atoms with van der Waals surface area (Å²) in [6, 6.07) is 3.45. The molecule has 1 amide bonds. The molecule has 0 saturated carbocycles. The maximum Gasteiger partial charge on any atom is 0.252 e. The molecule has 0 atom stereocenters. The lowest BCUT2D eigenvalue weighted by Crippen LogP contribution is -2.25. The fourth-order valence-corrected chi connectivity index (χ4v) is 2.69. The Morgan fingerprint density at radius 1 is 1.30 bits per heavy atom. The minimum absolute atomic E-state index is 0.155. The molecule has 0 aliphatic heterocycles. The highest BCUT2D eigenvalue weighted by Gasteiger charge is 2.15. The molecule has 0 saturated heterocycles. The highest BCUT2D eigenvalue weighted by atomic mass is 127. The lowest BCUT2D eigenvalue weighted by Gasteiger charge is -2.12. The number of benzene rings is 1. The summed E-state index contributed by atoms with van der Waals surface area (Å²) in [4.78, 5) is 16.4. The Labute approximate surface area is 147 Å². The molecule has 1 aromatic heterocycles. The van der Waals surface area contributed by atoms with Crippen LogP contribution in [-0.2, 0) is 6.42 Å². The van der Waals surface area contributed by atoms with Gasteiger partial charge in [-0.3, -0.25) is 4.79 Å². The van der Waals surface area contributed by atoms with Crippen LogP contribution >= 0.6 is 22.6 Å². The van der Waals surface area contributed by atoms with Gasteiger partial charge in [-0.2, -0.15) is 4.98 Å². The van der Waals surface area contributed by atoms with Crippen molar-refractivity contribution in [3.63, 3.8) is 0 Å². The van der Waals surface area contributed by atoms with Crippen LogP contribution in [0.2, 0.25) is 0 Å². The van der Waals surface area contributed by atoms with Gasteiger partial charge >= 0.3 is 0 Å². The zero-order chi connectivity index (χ0) is 16.8. The molecule has 2 rings (SSSR count). The summed E-state index contributed by atoms with van der Waals surface area (Å²) in [5.41, 5.74) is 0.553. The lowest BCUT2D eigenvalue weighted by molar-refractivity contribution is 0.0951. The Balaban J connectivity index is 1.92. The average molecular weight is 431 g/mol. The number of aromatic nitrogens is 2. The third-order valence-corrected chi connectivity index (χ3v) is 4.03. The van der Waals surface area contributed by atoms with E-state index < -0.39 is 0 Å². The van der Waals surface area contributed by atoms with Crippen molar-refractivity contribution in [3.05, 3.63) is 33.0 Å². The number of hydrogen-bond donors (Lipinski definition) is 1. The number of aryl methyl sites for hydroxylation is 2. The molecule has 1 N–H and O–H groups in total. The molecule has 0 fully saturated rings. The number of halogens is 1. The van der Waals surface area contributed by atoms with Gasteiger partial charge < -0.3 is 19.3 Å². The molecule has 1 heterocycles. The number of carbonyl (C=O) groups excluding carboxylic acids is 1. The van der Waals surface area contributed by atoms with Crippen LogP contribution in [-0.4, -0.2) is 36.8 Å². The SMILES string of the molecule is COc1cc(I)c(C(=O)NCCCc2nc(C)no2)cc1OC. The second-order valence-electron chi connectivity index (χ2n) is 4.78. The molecule has 0 bridgehead atoms. The van der Waals surface area contributed by atoms with Crippen molar-refractivity contribution in [2.24, 2.45) is 0 Å². The van der Waals surface area contributed by atoms with Crippen molar-refractivity contribution in [3.8, 4) is 11.5 Å². The van der Waals surface area contributed by atoms with Gasteiger partial charge in [-0.15, -0.1) is 0 Å². The van der Waals surface area contributed by atoms with Crippen LogP contribution in [0.5, 0.6) is 11.5 Å². The predicted molar refractivity (Wildman–Crippen MR) is 92.0 cm³/mol. The summed E-state index contributed by atoms with van der Waals surface area (Å²) in [7, 11) is 3.10. The molecule has 23 heavy (non-hydrogen) atoms. The maximum atomic E-state index is 12.3. The molecule has 0 aliphatic rings. The van der Waals surface area contributed by atoms with E-state index in [2.05, 4.69) is 38.0 Å². The second kappa shape index (κ2) is 8.14. The molecule has 2 aromatic rings. The van der Waals surface area contributed by atoms with E-state index in [1.54, 1.807) is 33.3 Å². The lowest BCUT2D eigenvalue weighted by atomic mass is 10.2. The summed E-state index contributed by atoms with van der Waals surface area (Å²) in [6.45, 7) is 2.29. The summed E-state index contributed by atoms with van der Waals surface area (Å²) in [5.74, 6) is 2.16. The summed E-state index contributed by atoms with van der Waals surface area (Å²) in [6.07, 6.45) is 1.35. The highest BCUT2D eigenvalue weighted by molar-refractivity contribution is 14.1. The van der Waals surface area contributed by atoms with Crippen LogP contribution in [0.25, 0.3) is 0 Å². The Bertz CT molecular complexity index is 687. The van der Waals surface area contributed by atoms with E-state index in [1.165, 1.54) is 0 Å². The summed E-state index contributed by atoms with van der Waals surface area (Å²) >= 11 is 2.10. The molecule has 7 nitrogen and oxygen atoms in total. The maximum absolute atomic E-state index is 12.3. The van der Waals surface area contributed by atoms with Crippen LogP contribution in [0.15, 0.2) is 16.7 Å². The Morgan fingerprint density at radius 2 is 2.00 bits per heavy atom. The normalized spacial score (nSPS) is 10.4. The number of nitrogens with zero attached hydrogens (tertiary/aromatic N) is 2. The zero-order valence-electron chi connectivity index (χ0n) is 13.2. The van der Waals surface area contributed by atoms with Crippen molar-refractivity contribution < 1.29 is 18.8 Å². The van der Waals surface area contributed by atoms with Crippen molar-refractivity contribution >= 4 is 28.5 Å². The van der Waals surface area contributed by atoms with Gasteiger partial charge in [0.1, 0.15) is 0 Å². The molecule has 124 valence electrons. The number of rotatable bonds is 7. The fraction of sp³-hybridized carbons (Fsp3) is 0.400. The first kappa shape index (κ1) is 17.5. The predicted octanol–water partition coefficient (Wildman–Crippen LogP) is 2.36. The van der Waals surface area contributed by atoms with Gasteiger partial charge in [0.15, 0.2) is 17.3 Å². The molecular formula is C15H18IN3O4. The van der Waals surface area contributed by atoms with Crippen LogP contribution < -0.4 is 14.8 Å². The van der Waals surface area contributed by atoms with Gasteiger partial charge in [0.05, 0.1) is 19.8 Å². The number of methoxy groups -OCH3 is 2. The van der Waals surface area contributed by atoms with Crippen LogP contribution in [0.3, 0.4) is 0 Å². The molecule has 1 aromatic carbocycles. The number of amides is 1. The first-order chi connectivity index (χ1) is 11.0. The second-order valence-corrected chi connectivity index (χ2v) is 5.94. The van der Waals surface area contributed by atoms with Crippen molar-refractivity contribution in [1.29, 1.82) is 0 Å². The molecule has 0 spiro atoms. The minimum Gasteiger partial charge on any atom is -0.493 e. The summed E-state index contributed by atoms with van der Waals surface area (Å²) in [5, 5.41) is 6.60. The van der Waals surface area contributed by atoms with E-state index in [0.717, 1.165) is 9.99 Å². The molecule has 0 unspecified atom stereocenters. The van der Waals surface area contributed by atoms with Gasteiger partial charge in [0, 0.05) is 16.5 Å². The molecule has 8 heteroatoms. The minimum atomic E-state index is -0.155. The van der Waals surface area contributed by atoms with Gasteiger partial charge in [-0.1, -0.05) is 5.16 Å². The van der Waals surface area contributed by atoms with Crippen LogP contribution in [0, 0.1) is 10.5 Å². The quantitative estimate of drug-likeness (QED) is 0.535. The van der Waals surface area contributed by atoms with Crippen LogP contribution in [0.4, 0.5) is 0 Å². The largest absolute Gasteiger partial charge is 0.493 e. The number of carbonyl (C=O) groups is 1. The van der Waals surface area contributed by atoms with E-state index >= 15 is 0 Å². The third kappa shape index (κ3) is 4.57. The molecular weight excluding hydrogens is 413 g/mol. The van der Waals surface area contributed by atoms with Crippen molar-refractivity contribution in [2.75, 3.05) is 20.8 Å². The van der Waals surface area contributed by atoms with E-state index in [9.17, 15) is 4.79 Å². The highest BCUT2D eigenvalue weighted by Crippen LogP contribution is 2.31. The van der Waals surface area contributed by atoms with Crippen molar-refractivity contribution in [2.45, 2.75) is 19.8 Å². The van der Waals surface area contributed by atoms with Gasteiger partial charge in [-0.25, -0.2) is 0 Å². The van der Waals surface area contributed by atoms with Gasteiger partial charge in [0.2, 0.25) is 5.89 Å². The first-order valence-electron chi connectivity index (χ1n) is 7.04. The Morgan fingerprint density at radius 3 is 2.61 bits per heavy atom. The van der Waals surface area contributed by atoms with Crippen molar-refractivity contribution in [1.82, 2.24) is 15.5 Å². The first-order valence-corrected chi connectivity index (χ1v) is 8.12. The van der Waals surface area contributed by atoms with E-state index in [-0.39, 0.29) is 5.91 Å². The number of ether oxygens (including phenoxy) is 2.